The molecule has 0 saturated carbocycles. The molecule has 0 aromatic heterocycles. The number of ether oxygens (including phenoxy) is 2. The number of nitrogens with one attached hydrogen (secondary N) is 2. The van der Waals surface area contributed by atoms with Gasteiger partial charge in [0.1, 0.15) is 30.0 Å². The number of likely N-dealkylation sites (tertiary alicyclic amines) is 1. The average Bonchev–Trinajstić information content (AvgIpc) is 3.19. The molecule has 0 radical (unpaired) electrons. The van der Waals surface area contributed by atoms with Crippen LogP contribution in [0.2, 0.25) is 0 Å². The van der Waals surface area contributed by atoms with Crippen molar-refractivity contribution in [2.45, 2.75) is 78.3 Å². The summed E-state index contributed by atoms with van der Waals surface area (Å²) in [5.74, 6) is 2.00. The number of benzene rings is 1. The molecule has 1 fully saturated rings. The number of terminal acetylenes is 1. The van der Waals surface area contributed by atoms with E-state index in [9.17, 15) is 19.5 Å². The highest BCUT2D eigenvalue weighted by Crippen LogP contribution is 2.27. The molecule has 0 unspecified atom stereocenters. The van der Waals surface area contributed by atoms with Gasteiger partial charge >= 0.3 is 6.09 Å². The molecule has 3 atom stereocenters. The summed E-state index contributed by atoms with van der Waals surface area (Å²) in [6.45, 7) is 10.5. The second-order valence-electron chi connectivity index (χ2n) is 11.1. The Kier molecular flexibility index (Phi) is 9.95. The average molecular weight is 518 g/mol. The van der Waals surface area contributed by atoms with E-state index in [-0.39, 0.29) is 32.7 Å². The third-order valence-electron chi connectivity index (χ3n) is 5.67. The lowest BCUT2D eigenvalue weighted by Gasteiger charge is -2.35. The standard InChI is InChI=1S/C27H39N3O7/c1-8-17-9-10-18(21(13-17)36-12-11-31)15-28-23(33)20-14-19(32)16-30(20)24(34)22(26(2,3)4)29-25(35)37-27(5,6)7/h1,9-10,13,19-20,22,31-32H,11-12,14-16H2,2-7H3,(H,28,33)(H,29,35)/t19-,20+,22-/m1/s1. The number of amides is 3. The molecular formula is C27H39N3O7. The van der Waals surface area contributed by atoms with Gasteiger partial charge in [0.2, 0.25) is 11.8 Å². The van der Waals surface area contributed by atoms with Crippen molar-refractivity contribution in [1.82, 2.24) is 15.5 Å². The maximum atomic E-state index is 13.6. The minimum atomic E-state index is -0.988. The first-order valence-corrected chi connectivity index (χ1v) is 12.2. The van der Waals surface area contributed by atoms with Crippen LogP contribution in [0.25, 0.3) is 0 Å². The van der Waals surface area contributed by atoms with Crippen LogP contribution >= 0.6 is 0 Å². The van der Waals surface area contributed by atoms with E-state index in [4.69, 9.17) is 21.0 Å². The lowest BCUT2D eigenvalue weighted by atomic mass is 9.85. The summed E-state index contributed by atoms with van der Waals surface area (Å²) < 4.78 is 10.9. The monoisotopic (exact) mass is 517 g/mol. The van der Waals surface area contributed by atoms with Crippen LogP contribution in [0.4, 0.5) is 4.79 Å². The molecule has 3 amide bonds. The Morgan fingerprint density at radius 3 is 2.46 bits per heavy atom. The molecule has 4 N–H and O–H groups in total. The molecule has 37 heavy (non-hydrogen) atoms. The van der Waals surface area contributed by atoms with Crippen molar-refractivity contribution in [3.8, 4) is 18.1 Å². The summed E-state index contributed by atoms with van der Waals surface area (Å²) in [7, 11) is 0. The normalized spacial score (nSPS) is 18.5. The molecule has 10 heteroatoms. The third-order valence-corrected chi connectivity index (χ3v) is 5.67. The molecule has 10 nitrogen and oxygen atoms in total. The topological polar surface area (TPSA) is 137 Å². The van der Waals surface area contributed by atoms with E-state index in [1.165, 1.54) is 4.90 Å². The van der Waals surface area contributed by atoms with Gasteiger partial charge in [-0.15, -0.1) is 6.42 Å². The Labute approximate surface area is 218 Å². The van der Waals surface area contributed by atoms with Gasteiger partial charge in [0.15, 0.2) is 0 Å². The zero-order valence-electron chi connectivity index (χ0n) is 22.5. The molecule has 1 aliphatic heterocycles. The molecule has 204 valence electrons. The summed E-state index contributed by atoms with van der Waals surface area (Å²) in [4.78, 5) is 40.5. The second-order valence-corrected chi connectivity index (χ2v) is 11.1. The van der Waals surface area contributed by atoms with Crippen LogP contribution in [0.3, 0.4) is 0 Å². The molecule has 1 saturated heterocycles. The highest BCUT2D eigenvalue weighted by Gasteiger charge is 2.44. The van der Waals surface area contributed by atoms with E-state index < -0.39 is 47.1 Å². The van der Waals surface area contributed by atoms with Crippen molar-refractivity contribution >= 4 is 17.9 Å². The number of carbonyl (C=O) groups excluding carboxylic acids is 3. The Morgan fingerprint density at radius 2 is 1.89 bits per heavy atom. The fourth-order valence-corrected chi connectivity index (χ4v) is 3.93. The van der Waals surface area contributed by atoms with E-state index in [2.05, 4.69) is 16.6 Å². The van der Waals surface area contributed by atoms with Gasteiger partial charge in [-0.25, -0.2) is 4.79 Å². The van der Waals surface area contributed by atoms with Crippen LogP contribution in [0.15, 0.2) is 18.2 Å². The van der Waals surface area contributed by atoms with Gasteiger partial charge in [-0.05, 0) is 38.3 Å². The van der Waals surface area contributed by atoms with Gasteiger partial charge in [0.05, 0.1) is 12.7 Å². The van der Waals surface area contributed by atoms with E-state index in [0.717, 1.165) is 0 Å². The van der Waals surface area contributed by atoms with Gasteiger partial charge in [-0.3, -0.25) is 9.59 Å². The van der Waals surface area contributed by atoms with Gasteiger partial charge in [-0.2, -0.15) is 0 Å². The number of hydrogen-bond acceptors (Lipinski definition) is 7. The molecule has 0 aliphatic carbocycles. The highest BCUT2D eigenvalue weighted by atomic mass is 16.6. The zero-order valence-corrected chi connectivity index (χ0v) is 22.5. The molecule has 0 spiro atoms. The van der Waals surface area contributed by atoms with Gasteiger partial charge in [0, 0.05) is 30.6 Å². The van der Waals surface area contributed by atoms with Crippen LogP contribution in [0.5, 0.6) is 5.75 Å². The molecule has 1 aliphatic rings. The van der Waals surface area contributed by atoms with Crippen molar-refractivity contribution in [3.63, 3.8) is 0 Å². The Balaban J connectivity index is 2.19. The number of rotatable bonds is 8. The molecule has 1 aromatic rings. The first-order chi connectivity index (χ1) is 17.2. The molecular weight excluding hydrogens is 478 g/mol. The number of aliphatic hydroxyl groups is 2. The number of carbonyl (C=O) groups is 3. The molecule has 1 heterocycles. The summed E-state index contributed by atoms with van der Waals surface area (Å²) in [5.41, 5.74) is -0.221. The minimum absolute atomic E-state index is 0.0405. The fourth-order valence-electron chi connectivity index (χ4n) is 3.93. The number of β-amino-alcohol motifs (C(OH)–C–C–N with tert-alkyl or cyclic N) is 1. The lowest BCUT2D eigenvalue weighted by Crippen LogP contribution is -2.58. The zero-order chi connectivity index (χ0) is 28.0. The quantitative estimate of drug-likeness (QED) is 0.384. The summed E-state index contributed by atoms with van der Waals surface area (Å²) in [5, 5.41) is 24.9. The molecule has 0 bridgehead atoms. The Hall–Kier alpha value is -3.29. The van der Waals surface area contributed by atoms with Crippen molar-refractivity contribution in [2.24, 2.45) is 5.41 Å². The van der Waals surface area contributed by atoms with Crippen LogP contribution in [0, 0.1) is 17.8 Å². The number of alkyl carbamates (subject to hydrolysis) is 1. The molecule has 2 rings (SSSR count). The predicted octanol–water partition coefficient (Wildman–Crippen LogP) is 1.56. The highest BCUT2D eigenvalue weighted by molar-refractivity contribution is 5.92. The van der Waals surface area contributed by atoms with Gasteiger partial charge in [0.25, 0.3) is 0 Å². The van der Waals surface area contributed by atoms with Crippen LogP contribution in [-0.2, 0) is 20.9 Å². The SMILES string of the molecule is C#Cc1ccc(CNC(=O)[C@@H]2C[C@@H](O)CN2C(=O)[C@@H](NC(=O)OC(C)(C)C)C(C)(C)C)c(OCCO)c1. The van der Waals surface area contributed by atoms with E-state index >= 15 is 0 Å². The lowest BCUT2D eigenvalue weighted by molar-refractivity contribution is -0.142. The summed E-state index contributed by atoms with van der Waals surface area (Å²) >= 11 is 0. The first kappa shape index (κ1) is 29.9. The predicted molar refractivity (Wildman–Crippen MR) is 138 cm³/mol. The maximum Gasteiger partial charge on any atom is 0.408 e. The first-order valence-electron chi connectivity index (χ1n) is 12.2. The number of aliphatic hydroxyl groups excluding tert-OH is 2. The number of hydrogen-bond donors (Lipinski definition) is 4. The third kappa shape index (κ3) is 8.65. The van der Waals surface area contributed by atoms with E-state index in [0.29, 0.717) is 16.9 Å². The summed E-state index contributed by atoms with van der Waals surface area (Å²) in [6.07, 6.45) is 3.88. The van der Waals surface area contributed by atoms with Crippen molar-refractivity contribution in [1.29, 1.82) is 0 Å². The van der Waals surface area contributed by atoms with E-state index in [1.54, 1.807) is 59.7 Å². The number of nitrogens with zero attached hydrogens (tertiary/aromatic N) is 1. The smallest absolute Gasteiger partial charge is 0.408 e. The van der Waals surface area contributed by atoms with Crippen LogP contribution < -0.4 is 15.4 Å². The van der Waals surface area contributed by atoms with Crippen molar-refractivity contribution < 1.29 is 34.1 Å². The van der Waals surface area contributed by atoms with E-state index in [1.807, 2.05) is 0 Å². The van der Waals surface area contributed by atoms with Crippen molar-refractivity contribution in [2.75, 3.05) is 19.8 Å². The largest absolute Gasteiger partial charge is 0.491 e. The Bertz CT molecular complexity index is 1020. The second kappa shape index (κ2) is 12.3. The molecule has 1 aromatic carbocycles. The fraction of sp³-hybridized carbons (Fsp3) is 0.593. The van der Waals surface area contributed by atoms with Crippen LogP contribution in [-0.4, -0.2) is 76.6 Å². The van der Waals surface area contributed by atoms with Crippen molar-refractivity contribution in [3.05, 3.63) is 29.3 Å². The van der Waals surface area contributed by atoms with Crippen LogP contribution in [0.1, 0.15) is 59.1 Å². The van der Waals surface area contributed by atoms with Gasteiger partial charge < -0.3 is 35.2 Å². The minimum Gasteiger partial charge on any atom is -0.491 e. The Morgan fingerprint density at radius 1 is 1.22 bits per heavy atom. The van der Waals surface area contributed by atoms with Gasteiger partial charge in [-0.1, -0.05) is 32.8 Å². The maximum absolute atomic E-state index is 13.6. The summed E-state index contributed by atoms with van der Waals surface area (Å²) in [6, 6.07) is 3.15.